The van der Waals surface area contributed by atoms with Gasteiger partial charge in [0.1, 0.15) is 17.2 Å². The van der Waals surface area contributed by atoms with Crippen LogP contribution in [0.5, 0.6) is 17.2 Å². The predicted molar refractivity (Wildman–Crippen MR) is 106 cm³/mol. The molecule has 0 aliphatic rings. The van der Waals surface area contributed by atoms with Gasteiger partial charge < -0.3 is 24.3 Å². The van der Waals surface area contributed by atoms with Crippen LogP contribution in [0.2, 0.25) is 0 Å². The number of ether oxygens (including phenoxy) is 4. The molecule has 1 atom stereocenters. The van der Waals surface area contributed by atoms with Gasteiger partial charge in [0, 0.05) is 17.7 Å². The summed E-state index contributed by atoms with van der Waals surface area (Å²) in [6, 6.07) is 10.7. The van der Waals surface area contributed by atoms with E-state index >= 15 is 0 Å². The minimum Gasteiger partial charge on any atom is -0.497 e. The number of alkyl halides is 2. The Morgan fingerprint density at radius 2 is 1.77 bits per heavy atom. The van der Waals surface area contributed by atoms with Crippen LogP contribution >= 0.6 is 0 Å². The average molecular weight is 421 g/mol. The zero-order valence-electron chi connectivity index (χ0n) is 16.6. The molecule has 30 heavy (non-hydrogen) atoms. The molecule has 1 amide bonds. The first-order chi connectivity index (χ1) is 14.3. The number of methoxy groups -OCH3 is 2. The number of para-hydroxylation sites is 2. The molecule has 1 N–H and O–H groups in total. The quantitative estimate of drug-likeness (QED) is 0.489. The smallest absolute Gasteiger partial charge is 0.387 e. The first kappa shape index (κ1) is 22.7. The van der Waals surface area contributed by atoms with Gasteiger partial charge in [-0.25, -0.2) is 4.79 Å². The molecule has 9 heteroatoms. The summed E-state index contributed by atoms with van der Waals surface area (Å²) in [5.41, 5.74) is 0.634. The van der Waals surface area contributed by atoms with Crippen molar-refractivity contribution in [2.75, 3.05) is 19.5 Å². The number of anilines is 1. The minimum atomic E-state index is -3.04. The largest absolute Gasteiger partial charge is 0.497 e. The van der Waals surface area contributed by atoms with Gasteiger partial charge in [0.2, 0.25) is 0 Å². The molecule has 2 aromatic rings. The number of carbonyl (C=O) groups is 2. The van der Waals surface area contributed by atoms with Gasteiger partial charge in [0.25, 0.3) is 5.91 Å². The summed E-state index contributed by atoms with van der Waals surface area (Å²) in [6.07, 6.45) is 1.43. The normalized spacial score (nSPS) is 11.8. The second kappa shape index (κ2) is 10.8. The van der Waals surface area contributed by atoms with E-state index in [0.29, 0.717) is 17.1 Å². The summed E-state index contributed by atoms with van der Waals surface area (Å²) in [6.45, 7) is -1.69. The summed E-state index contributed by atoms with van der Waals surface area (Å²) in [4.78, 5) is 24.3. The van der Waals surface area contributed by atoms with Crippen molar-refractivity contribution >= 4 is 23.6 Å². The van der Waals surface area contributed by atoms with Crippen LogP contribution in [0.4, 0.5) is 14.5 Å². The highest BCUT2D eigenvalue weighted by atomic mass is 19.3. The van der Waals surface area contributed by atoms with Gasteiger partial charge in [-0.1, -0.05) is 12.1 Å². The third-order valence-electron chi connectivity index (χ3n) is 3.86. The van der Waals surface area contributed by atoms with E-state index in [4.69, 9.17) is 14.2 Å². The number of nitrogens with one attached hydrogen (secondary N) is 1. The number of halogens is 2. The number of amides is 1. The van der Waals surface area contributed by atoms with Crippen LogP contribution < -0.4 is 19.5 Å². The van der Waals surface area contributed by atoms with Crippen LogP contribution in [0.15, 0.2) is 48.5 Å². The molecule has 0 aromatic heterocycles. The second-order valence-electron chi connectivity index (χ2n) is 5.88. The molecule has 0 bridgehead atoms. The van der Waals surface area contributed by atoms with Crippen molar-refractivity contribution in [2.45, 2.75) is 19.6 Å². The van der Waals surface area contributed by atoms with Gasteiger partial charge in [0.15, 0.2) is 6.10 Å². The van der Waals surface area contributed by atoms with Gasteiger partial charge in [0.05, 0.1) is 19.9 Å². The van der Waals surface area contributed by atoms with Gasteiger partial charge in [-0.2, -0.15) is 8.78 Å². The minimum absolute atomic E-state index is 0.0317. The van der Waals surface area contributed by atoms with Crippen LogP contribution in [-0.2, 0) is 14.3 Å². The van der Waals surface area contributed by atoms with Crippen molar-refractivity contribution in [3.8, 4) is 17.2 Å². The Hall–Kier alpha value is -3.62. The highest BCUT2D eigenvalue weighted by molar-refractivity contribution is 5.97. The van der Waals surface area contributed by atoms with E-state index in [1.54, 1.807) is 18.2 Å². The Morgan fingerprint density at radius 3 is 2.43 bits per heavy atom. The van der Waals surface area contributed by atoms with Crippen molar-refractivity contribution in [3.05, 3.63) is 54.1 Å². The standard InChI is InChI=1S/C21H21F2NO6/c1-13(20(26)24-16-6-4-5-7-17(16)30-21(22)23)29-19(25)11-9-14-8-10-15(27-2)12-18(14)28-3/h4-13,21H,1-3H3,(H,24,26)/b11-9+. The number of rotatable bonds is 9. The van der Waals surface area contributed by atoms with E-state index in [9.17, 15) is 18.4 Å². The fourth-order valence-electron chi connectivity index (χ4n) is 2.38. The van der Waals surface area contributed by atoms with Gasteiger partial charge in [-0.05, 0) is 37.3 Å². The molecular weight excluding hydrogens is 400 g/mol. The lowest BCUT2D eigenvalue weighted by Gasteiger charge is -2.15. The molecule has 0 aliphatic carbocycles. The molecule has 0 spiro atoms. The monoisotopic (exact) mass is 421 g/mol. The Labute approximate surface area is 172 Å². The van der Waals surface area contributed by atoms with Crippen molar-refractivity contribution < 1.29 is 37.3 Å². The number of esters is 1. The molecule has 0 saturated heterocycles. The number of hydrogen-bond donors (Lipinski definition) is 1. The van der Waals surface area contributed by atoms with Gasteiger partial charge in [-0.15, -0.1) is 0 Å². The van der Waals surface area contributed by atoms with E-state index in [1.165, 1.54) is 51.5 Å². The predicted octanol–water partition coefficient (Wildman–Crippen LogP) is 3.89. The van der Waals surface area contributed by atoms with Crippen molar-refractivity contribution in [3.63, 3.8) is 0 Å². The summed E-state index contributed by atoms with van der Waals surface area (Å²) in [7, 11) is 3.00. The maximum Gasteiger partial charge on any atom is 0.387 e. The molecule has 0 fully saturated rings. The van der Waals surface area contributed by atoms with Crippen molar-refractivity contribution in [1.82, 2.24) is 0 Å². The van der Waals surface area contributed by atoms with Crippen LogP contribution in [0.3, 0.4) is 0 Å². The van der Waals surface area contributed by atoms with Crippen LogP contribution in [-0.4, -0.2) is 38.8 Å². The first-order valence-corrected chi connectivity index (χ1v) is 8.79. The lowest BCUT2D eigenvalue weighted by Crippen LogP contribution is -2.29. The third kappa shape index (κ3) is 6.47. The molecule has 2 rings (SSSR count). The molecule has 2 aromatic carbocycles. The van der Waals surface area contributed by atoms with E-state index in [2.05, 4.69) is 10.1 Å². The highest BCUT2D eigenvalue weighted by Crippen LogP contribution is 2.26. The third-order valence-corrected chi connectivity index (χ3v) is 3.86. The molecule has 1 unspecified atom stereocenters. The van der Waals surface area contributed by atoms with E-state index in [-0.39, 0.29) is 11.4 Å². The number of benzene rings is 2. The first-order valence-electron chi connectivity index (χ1n) is 8.79. The number of carbonyl (C=O) groups excluding carboxylic acids is 2. The second-order valence-corrected chi connectivity index (χ2v) is 5.88. The van der Waals surface area contributed by atoms with E-state index < -0.39 is 24.6 Å². The molecule has 7 nitrogen and oxygen atoms in total. The Kier molecular flexibility index (Phi) is 8.16. The van der Waals surface area contributed by atoms with Crippen LogP contribution in [0.1, 0.15) is 12.5 Å². The molecule has 160 valence electrons. The summed E-state index contributed by atoms with van der Waals surface area (Å²) in [5.74, 6) is -0.601. The van der Waals surface area contributed by atoms with Gasteiger partial charge >= 0.3 is 12.6 Å². The van der Waals surface area contributed by atoms with Crippen LogP contribution in [0.25, 0.3) is 6.08 Å². The zero-order chi connectivity index (χ0) is 22.1. The Balaban J connectivity index is 1.99. The Bertz CT molecular complexity index is 916. The summed E-state index contributed by atoms with van der Waals surface area (Å²) >= 11 is 0. The average Bonchev–Trinajstić information content (AvgIpc) is 2.73. The van der Waals surface area contributed by atoms with Gasteiger partial charge in [-0.3, -0.25) is 4.79 Å². The summed E-state index contributed by atoms with van der Waals surface area (Å²) in [5, 5.41) is 2.39. The SMILES string of the molecule is COc1ccc(/C=C/C(=O)OC(C)C(=O)Nc2ccccc2OC(F)F)c(OC)c1. The molecule has 0 heterocycles. The highest BCUT2D eigenvalue weighted by Gasteiger charge is 2.19. The lowest BCUT2D eigenvalue weighted by atomic mass is 10.1. The lowest BCUT2D eigenvalue weighted by molar-refractivity contribution is -0.148. The fourth-order valence-corrected chi connectivity index (χ4v) is 2.38. The fraction of sp³-hybridized carbons (Fsp3) is 0.238. The maximum atomic E-state index is 12.5. The maximum absolute atomic E-state index is 12.5. The Morgan fingerprint density at radius 1 is 1.03 bits per heavy atom. The zero-order valence-corrected chi connectivity index (χ0v) is 16.6. The number of hydrogen-bond acceptors (Lipinski definition) is 6. The van der Waals surface area contributed by atoms with E-state index in [0.717, 1.165) is 6.08 Å². The van der Waals surface area contributed by atoms with E-state index in [1.807, 2.05) is 0 Å². The molecule has 0 radical (unpaired) electrons. The van der Waals surface area contributed by atoms with Crippen LogP contribution in [0, 0.1) is 0 Å². The molecule has 0 aliphatic heterocycles. The molecule has 0 saturated carbocycles. The van der Waals surface area contributed by atoms with Crippen molar-refractivity contribution in [2.24, 2.45) is 0 Å². The van der Waals surface area contributed by atoms with Crippen molar-refractivity contribution in [1.29, 1.82) is 0 Å². The summed E-state index contributed by atoms with van der Waals surface area (Å²) < 4.78 is 44.7. The molecular formula is C21H21F2NO6. The topological polar surface area (TPSA) is 83.1 Å².